The Hall–Kier alpha value is -2.05. The second-order valence-corrected chi connectivity index (χ2v) is 4.81. The van der Waals surface area contributed by atoms with E-state index in [1.54, 1.807) is 23.5 Å². The van der Waals surface area contributed by atoms with Crippen LogP contribution in [-0.4, -0.2) is 17.0 Å². The third-order valence-electron chi connectivity index (χ3n) is 2.55. The van der Waals surface area contributed by atoms with E-state index in [1.165, 1.54) is 17.0 Å². The maximum Gasteiger partial charge on any atom is 0.269 e. The van der Waals surface area contributed by atoms with Crippen molar-refractivity contribution in [1.82, 2.24) is 10.3 Å². The highest BCUT2D eigenvalue weighted by Crippen LogP contribution is 2.17. The lowest BCUT2D eigenvalue weighted by Gasteiger charge is -1.97. The summed E-state index contributed by atoms with van der Waals surface area (Å²) in [5, 5.41) is 13.6. The third kappa shape index (κ3) is 3.46. The minimum Gasteiger partial charge on any atom is -0.315 e. The Morgan fingerprint density at radius 2 is 2.11 bits per heavy atom. The summed E-state index contributed by atoms with van der Waals surface area (Å²) in [4.78, 5) is 15.6. The van der Waals surface area contributed by atoms with Crippen molar-refractivity contribution in [1.29, 1.82) is 0 Å². The zero-order valence-electron chi connectivity index (χ0n) is 10.4. The van der Waals surface area contributed by atoms with Gasteiger partial charge in [-0.25, -0.2) is 4.98 Å². The van der Waals surface area contributed by atoms with Crippen LogP contribution >= 0.6 is 11.3 Å². The lowest BCUT2D eigenvalue weighted by atomic mass is 10.2. The summed E-state index contributed by atoms with van der Waals surface area (Å²) < 4.78 is 0. The minimum atomic E-state index is -0.404. The maximum absolute atomic E-state index is 10.5. The van der Waals surface area contributed by atoms with E-state index in [0.29, 0.717) is 0 Å². The highest BCUT2D eigenvalue weighted by Gasteiger charge is 2.03. The van der Waals surface area contributed by atoms with Crippen LogP contribution in [0.2, 0.25) is 0 Å². The topological polar surface area (TPSA) is 68.1 Å². The lowest BCUT2D eigenvalue weighted by molar-refractivity contribution is -0.384. The van der Waals surface area contributed by atoms with Gasteiger partial charge in [0.25, 0.3) is 5.69 Å². The van der Waals surface area contributed by atoms with Crippen molar-refractivity contribution < 1.29 is 4.92 Å². The molecule has 0 aliphatic carbocycles. The standard InChI is InChI=1S/C13H13N3O2S/c1-14-8-13-12(15-9-19-13)7-4-10-2-5-11(6-3-10)16(17)18/h2-7,9,14H,8H2,1H3/b7-4-. The molecule has 19 heavy (non-hydrogen) atoms. The molecule has 0 saturated carbocycles. The molecular weight excluding hydrogens is 262 g/mol. The highest BCUT2D eigenvalue weighted by atomic mass is 32.1. The predicted molar refractivity (Wildman–Crippen MR) is 76.9 cm³/mol. The number of rotatable bonds is 5. The number of aromatic nitrogens is 1. The fourth-order valence-corrected chi connectivity index (χ4v) is 2.35. The van der Waals surface area contributed by atoms with E-state index in [2.05, 4.69) is 10.3 Å². The van der Waals surface area contributed by atoms with E-state index in [-0.39, 0.29) is 5.69 Å². The zero-order chi connectivity index (χ0) is 13.7. The SMILES string of the molecule is CNCc1scnc1/C=C\c1ccc([N+](=O)[O-])cc1. The van der Waals surface area contributed by atoms with Gasteiger partial charge in [0, 0.05) is 23.6 Å². The smallest absolute Gasteiger partial charge is 0.269 e. The van der Waals surface area contributed by atoms with Gasteiger partial charge in [-0.2, -0.15) is 0 Å². The van der Waals surface area contributed by atoms with Crippen LogP contribution in [0.15, 0.2) is 29.8 Å². The molecular formula is C13H13N3O2S. The van der Waals surface area contributed by atoms with E-state index < -0.39 is 4.92 Å². The van der Waals surface area contributed by atoms with Crippen LogP contribution in [0, 0.1) is 10.1 Å². The molecule has 0 unspecified atom stereocenters. The Bertz CT molecular complexity index is 590. The number of nitrogens with zero attached hydrogens (tertiary/aromatic N) is 2. The van der Waals surface area contributed by atoms with Crippen molar-refractivity contribution in [3.8, 4) is 0 Å². The third-order valence-corrected chi connectivity index (χ3v) is 3.40. The van der Waals surface area contributed by atoms with Gasteiger partial charge in [0.2, 0.25) is 0 Å². The summed E-state index contributed by atoms with van der Waals surface area (Å²) >= 11 is 1.60. The van der Waals surface area contributed by atoms with Gasteiger partial charge < -0.3 is 5.32 Å². The van der Waals surface area contributed by atoms with Crippen LogP contribution in [0.5, 0.6) is 0 Å². The molecule has 0 aliphatic rings. The highest BCUT2D eigenvalue weighted by molar-refractivity contribution is 7.09. The van der Waals surface area contributed by atoms with Gasteiger partial charge in [-0.1, -0.05) is 6.08 Å². The first-order valence-corrected chi connectivity index (χ1v) is 6.58. The Labute approximate surface area is 114 Å². The molecule has 1 heterocycles. The first-order chi connectivity index (χ1) is 9.20. The Morgan fingerprint density at radius 3 is 2.74 bits per heavy atom. The fraction of sp³-hybridized carbons (Fsp3) is 0.154. The summed E-state index contributed by atoms with van der Waals surface area (Å²) in [5.41, 5.74) is 3.75. The second-order valence-electron chi connectivity index (χ2n) is 3.87. The minimum absolute atomic E-state index is 0.0988. The molecule has 0 spiro atoms. The fourth-order valence-electron chi connectivity index (χ4n) is 1.59. The Kier molecular flexibility index (Phi) is 4.38. The molecule has 1 N–H and O–H groups in total. The zero-order valence-corrected chi connectivity index (χ0v) is 11.2. The second kappa shape index (κ2) is 6.21. The van der Waals surface area contributed by atoms with Crippen LogP contribution in [-0.2, 0) is 6.54 Å². The van der Waals surface area contributed by atoms with Crippen molar-refractivity contribution in [3.63, 3.8) is 0 Å². The van der Waals surface area contributed by atoms with Crippen LogP contribution in [0.3, 0.4) is 0 Å². The number of thiazole rings is 1. The molecule has 0 fully saturated rings. The van der Waals surface area contributed by atoms with Gasteiger partial charge >= 0.3 is 0 Å². The van der Waals surface area contributed by atoms with Gasteiger partial charge in [-0.15, -0.1) is 11.3 Å². The Balaban J connectivity index is 2.13. The number of nitro benzene ring substituents is 1. The summed E-state index contributed by atoms with van der Waals surface area (Å²) in [6, 6.07) is 6.43. The molecule has 2 rings (SSSR count). The van der Waals surface area contributed by atoms with Crippen LogP contribution in [0.25, 0.3) is 12.2 Å². The van der Waals surface area contributed by atoms with Crippen molar-refractivity contribution in [2.75, 3.05) is 7.05 Å². The number of benzene rings is 1. The molecule has 1 aromatic carbocycles. The van der Waals surface area contributed by atoms with Gasteiger partial charge in [0.15, 0.2) is 0 Å². The molecule has 0 atom stereocenters. The molecule has 6 heteroatoms. The van der Waals surface area contributed by atoms with Gasteiger partial charge in [-0.3, -0.25) is 10.1 Å². The molecule has 2 aromatic rings. The average Bonchev–Trinajstić information content (AvgIpc) is 2.85. The summed E-state index contributed by atoms with van der Waals surface area (Å²) in [6.07, 6.45) is 3.82. The molecule has 0 bridgehead atoms. The van der Waals surface area contributed by atoms with Crippen LogP contribution in [0.1, 0.15) is 16.1 Å². The average molecular weight is 275 g/mol. The normalized spacial score (nSPS) is 11.0. The molecule has 0 aliphatic heterocycles. The van der Waals surface area contributed by atoms with Gasteiger partial charge in [-0.05, 0) is 30.8 Å². The van der Waals surface area contributed by atoms with E-state index in [4.69, 9.17) is 0 Å². The van der Waals surface area contributed by atoms with E-state index >= 15 is 0 Å². The quantitative estimate of drug-likeness (QED) is 0.673. The monoisotopic (exact) mass is 275 g/mol. The molecule has 0 radical (unpaired) electrons. The number of hydrogen-bond donors (Lipinski definition) is 1. The number of nitrogens with one attached hydrogen (secondary N) is 1. The van der Waals surface area contributed by atoms with Crippen molar-refractivity contribution >= 4 is 29.2 Å². The lowest BCUT2D eigenvalue weighted by Crippen LogP contribution is -2.04. The molecule has 5 nitrogen and oxygen atoms in total. The number of non-ortho nitro benzene ring substituents is 1. The van der Waals surface area contributed by atoms with Gasteiger partial charge in [0.05, 0.1) is 16.1 Å². The van der Waals surface area contributed by atoms with Gasteiger partial charge in [0.1, 0.15) is 0 Å². The Morgan fingerprint density at radius 1 is 1.37 bits per heavy atom. The van der Waals surface area contributed by atoms with E-state index in [1.807, 2.05) is 24.7 Å². The van der Waals surface area contributed by atoms with E-state index in [9.17, 15) is 10.1 Å². The summed E-state index contributed by atoms with van der Waals surface area (Å²) in [6.45, 7) is 0.782. The number of hydrogen-bond acceptors (Lipinski definition) is 5. The van der Waals surface area contributed by atoms with Crippen molar-refractivity contribution in [2.24, 2.45) is 0 Å². The van der Waals surface area contributed by atoms with E-state index in [0.717, 1.165) is 17.8 Å². The molecule has 1 aromatic heterocycles. The molecule has 0 saturated heterocycles. The number of nitro groups is 1. The van der Waals surface area contributed by atoms with Crippen molar-refractivity contribution in [2.45, 2.75) is 6.54 Å². The molecule has 0 amide bonds. The first kappa shape index (κ1) is 13.4. The van der Waals surface area contributed by atoms with Crippen molar-refractivity contribution in [3.05, 3.63) is 56.0 Å². The molecule has 98 valence electrons. The maximum atomic E-state index is 10.5. The summed E-state index contributed by atoms with van der Waals surface area (Å²) in [7, 11) is 1.89. The predicted octanol–water partition coefficient (Wildman–Crippen LogP) is 2.94. The largest absolute Gasteiger partial charge is 0.315 e. The van der Waals surface area contributed by atoms with Crippen LogP contribution < -0.4 is 5.32 Å². The van der Waals surface area contributed by atoms with Crippen LogP contribution in [0.4, 0.5) is 5.69 Å². The first-order valence-electron chi connectivity index (χ1n) is 5.70. The summed E-state index contributed by atoms with van der Waals surface area (Å²) in [5.74, 6) is 0.